The minimum Gasteiger partial charge on any atom is -0.454 e. The molecule has 0 aliphatic carbocycles. The number of amidine groups is 1. The molecule has 0 atom stereocenters. The Kier molecular flexibility index (Phi) is 6.50. The fraction of sp³-hybridized carbons (Fsp3) is 0.480. The average Bonchev–Trinajstić information content (AvgIpc) is 3.32. The normalized spacial score (nSPS) is 19.7. The molecule has 1 spiro atoms. The summed E-state index contributed by atoms with van der Waals surface area (Å²) < 4.78 is 39.0. The molecule has 3 aliphatic heterocycles. The van der Waals surface area contributed by atoms with Crippen LogP contribution in [0.3, 0.4) is 0 Å². The van der Waals surface area contributed by atoms with Crippen LogP contribution in [0.1, 0.15) is 37.3 Å². The molecule has 2 aromatic rings. The summed E-state index contributed by atoms with van der Waals surface area (Å²) in [5, 5.41) is 7.15. The maximum atomic E-state index is 13.3. The maximum Gasteiger partial charge on any atom is 0.243 e. The zero-order valence-electron chi connectivity index (χ0n) is 19.5. The molecule has 8 nitrogen and oxygen atoms in total. The van der Waals surface area contributed by atoms with Crippen LogP contribution in [0.15, 0.2) is 52.4 Å². The first-order chi connectivity index (χ1) is 16.5. The summed E-state index contributed by atoms with van der Waals surface area (Å²) in [5.74, 6) is 2.45. The minimum atomic E-state index is -3.51. The molecule has 0 aromatic heterocycles. The summed E-state index contributed by atoms with van der Waals surface area (Å²) in [7, 11) is -3.51. The van der Waals surface area contributed by atoms with Crippen LogP contribution in [-0.2, 0) is 23.0 Å². The van der Waals surface area contributed by atoms with Gasteiger partial charge in [0.05, 0.1) is 17.0 Å². The zero-order chi connectivity index (χ0) is 23.6. The second-order valence-electron chi connectivity index (χ2n) is 9.08. The lowest BCUT2D eigenvalue weighted by atomic mass is 9.85. The lowest BCUT2D eigenvalue weighted by molar-refractivity contribution is 0.174. The van der Waals surface area contributed by atoms with Crippen molar-refractivity contribution in [2.45, 2.75) is 49.6 Å². The molecule has 5 rings (SSSR count). The van der Waals surface area contributed by atoms with Gasteiger partial charge in [-0.25, -0.2) is 8.42 Å². The van der Waals surface area contributed by atoms with Crippen molar-refractivity contribution in [3.63, 3.8) is 0 Å². The van der Waals surface area contributed by atoms with Gasteiger partial charge in [0.1, 0.15) is 5.84 Å². The number of nitrogens with one attached hydrogen (secondary N) is 2. The highest BCUT2D eigenvalue weighted by Crippen LogP contribution is 2.33. The number of aryl methyl sites for hydroxylation is 1. The van der Waals surface area contributed by atoms with Crippen LogP contribution in [0.5, 0.6) is 11.5 Å². The van der Waals surface area contributed by atoms with Crippen LogP contribution in [0.4, 0.5) is 0 Å². The number of hydrogen-bond donors (Lipinski definition) is 2. The first kappa shape index (κ1) is 23.1. The first-order valence-corrected chi connectivity index (χ1v) is 13.5. The Hall–Kier alpha value is -2.62. The van der Waals surface area contributed by atoms with Gasteiger partial charge in [-0.3, -0.25) is 4.99 Å². The van der Waals surface area contributed by atoms with Crippen molar-refractivity contribution in [1.82, 2.24) is 14.9 Å². The molecule has 0 amide bonds. The predicted octanol–water partition coefficient (Wildman–Crippen LogP) is 2.68. The van der Waals surface area contributed by atoms with E-state index < -0.39 is 10.0 Å². The molecule has 9 heteroatoms. The smallest absolute Gasteiger partial charge is 0.243 e. The Morgan fingerprint density at radius 3 is 2.56 bits per heavy atom. The van der Waals surface area contributed by atoms with E-state index in [-0.39, 0.29) is 12.3 Å². The summed E-state index contributed by atoms with van der Waals surface area (Å²) in [6.07, 6.45) is 3.35. The largest absolute Gasteiger partial charge is 0.454 e. The van der Waals surface area contributed by atoms with E-state index in [0.29, 0.717) is 43.9 Å². The third-order valence-electron chi connectivity index (χ3n) is 6.87. The van der Waals surface area contributed by atoms with Gasteiger partial charge in [-0.1, -0.05) is 31.5 Å². The highest BCUT2D eigenvalue weighted by molar-refractivity contribution is 7.89. The van der Waals surface area contributed by atoms with Crippen molar-refractivity contribution < 1.29 is 17.9 Å². The topological polar surface area (TPSA) is 92.3 Å². The van der Waals surface area contributed by atoms with Crippen molar-refractivity contribution in [3.05, 3.63) is 53.6 Å². The van der Waals surface area contributed by atoms with E-state index in [1.165, 1.54) is 5.56 Å². The van der Waals surface area contributed by atoms with Gasteiger partial charge in [-0.2, -0.15) is 4.31 Å². The molecule has 34 heavy (non-hydrogen) atoms. The van der Waals surface area contributed by atoms with Gasteiger partial charge in [-0.15, -0.1) is 0 Å². The van der Waals surface area contributed by atoms with Gasteiger partial charge in [0.25, 0.3) is 0 Å². The number of benzene rings is 2. The molecule has 182 valence electrons. The second kappa shape index (κ2) is 9.56. The number of sulfonamides is 1. The number of nitrogens with zero attached hydrogens (tertiary/aromatic N) is 2. The lowest BCUT2D eigenvalue weighted by Crippen LogP contribution is -2.64. The number of ether oxygens (including phenoxy) is 2. The SMILES string of the molecule is CCCc1ccc(S(=O)(=O)N2CCC3(CC2)NCCN=C3NCc2ccc3c(c2)OCO3)cc1. The van der Waals surface area contributed by atoms with Gasteiger partial charge in [0.2, 0.25) is 16.8 Å². The van der Waals surface area contributed by atoms with E-state index in [1.807, 2.05) is 30.3 Å². The molecular weight excluding hydrogens is 452 g/mol. The number of hydrogen-bond acceptors (Lipinski definition) is 7. The van der Waals surface area contributed by atoms with E-state index >= 15 is 0 Å². The molecule has 2 aromatic carbocycles. The van der Waals surface area contributed by atoms with Crippen LogP contribution in [0.25, 0.3) is 0 Å². The van der Waals surface area contributed by atoms with E-state index in [4.69, 9.17) is 14.5 Å². The summed E-state index contributed by atoms with van der Waals surface area (Å²) in [6.45, 7) is 5.40. The maximum absolute atomic E-state index is 13.3. The molecule has 3 heterocycles. The second-order valence-corrected chi connectivity index (χ2v) is 11.0. The van der Waals surface area contributed by atoms with Crippen molar-refractivity contribution >= 4 is 15.9 Å². The Morgan fingerprint density at radius 1 is 1.06 bits per heavy atom. The molecule has 1 saturated heterocycles. The summed E-state index contributed by atoms with van der Waals surface area (Å²) >= 11 is 0. The van der Waals surface area contributed by atoms with Gasteiger partial charge in [0, 0.05) is 26.2 Å². The molecule has 1 fully saturated rings. The van der Waals surface area contributed by atoms with Crippen LogP contribution in [0.2, 0.25) is 0 Å². The Morgan fingerprint density at radius 2 is 1.79 bits per heavy atom. The first-order valence-electron chi connectivity index (χ1n) is 12.0. The zero-order valence-corrected chi connectivity index (χ0v) is 20.4. The van der Waals surface area contributed by atoms with E-state index in [0.717, 1.165) is 42.3 Å². The van der Waals surface area contributed by atoms with E-state index in [9.17, 15) is 8.42 Å². The van der Waals surface area contributed by atoms with Gasteiger partial charge in [0.15, 0.2) is 11.5 Å². The van der Waals surface area contributed by atoms with Crippen molar-refractivity contribution in [2.75, 3.05) is 33.0 Å². The highest BCUT2D eigenvalue weighted by Gasteiger charge is 2.43. The quantitative estimate of drug-likeness (QED) is 0.655. The standard InChI is InChI=1S/C25H32N4O4S/c1-2-3-19-4-7-21(8-5-19)34(30,31)29-14-10-25(11-15-29)24(26-12-13-28-25)27-17-20-6-9-22-23(16-20)33-18-32-22/h4-9,16,28H,2-3,10-15,17-18H2,1H3,(H,26,27). The number of aliphatic imine (C=N–C) groups is 1. The van der Waals surface area contributed by atoms with Crippen molar-refractivity contribution in [2.24, 2.45) is 4.99 Å². The molecule has 0 unspecified atom stereocenters. The van der Waals surface area contributed by atoms with Crippen LogP contribution in [-0.4, -0.2) is 57.1 Å². The fourth-order valence-corrected chi connectivity index (χ4v) is 6.39. The predicted molar refractivity (Wildman–Crippen MR) is 131 cm³/mol. The molecule has 0 bridgehead atoms. The number of piperidine rings is 1. The third kappa shape index (κ3) is 4.52. The fourth-order valence-electron chi connectivity index (χ4n) is 4.95. The Bertz CT molecular complexity index is 1160. The molecule has 3 aliphatic rings. The van der Waals surface area contributed by atoms with Crippen LogP contribution in [0, 0.1) is 0 Å². The molecule has 0 saturated carbocycles. The van der Waals surface area contributed by atoms with Gasteiger partial charge < -0.3 is 20.1 Å². The lowest BCUT2D eigenvalue weighted by Gasteiger charge is -2.44. The Balaban J connectivity index is 1.25. The minimum absolute atomic E-state index is 0.258. The molecule has 2 N–H and O–H groups in total. The monoisotopic (exact) mass is 484 g/mol. The van der Waals surface area contributed by atoms with Crippen molar-refractivity contribution in [1.29, 1.82) is 0 Å². The summed E-state index contributed by atoms with van der Waals surface area (Å²) in [5.41, 5.74) is 1.92. The number of rotatable bonds is 6. The van der Waals surface area contributed by atoms with Crippen LogP contribution < -0.4 is 20.1 Å². The van der Waals surface area contributed by atoms with Crippen LogP contribution >= 0.6 is 0 Å². The van der Waals surface area contributed by atoms with Crippen molar-refractivity contribution in [3.8, 4) is 11.5 Å². The van der Waals surface area contributed by atoms with Gasteiger partial charge in [-0.05, 0) is 54.7 Å². The van der Waals surface area contributed by atoms with Gasteiger partial charge >= 0.3 is 0 Å². The summed E-state index contributed by atoms with van der Waals surface area (Å²) in [6, 6.07) is 13.3. The third-order valence-corrected chi connectivity index (χ3v) is 8.78. The molecular formula is C25H32N4O4S. The highest BCUT2D eigenvalue weighted by atomic mass is 32.2. The summed E-state index contributed by atoms with van der Waals surface area (Å²) in [4.78, 5) is 5.16. The Labute approximate surface area is 201 Å². The van der Waals surface area contributed by atoms with E-state index in [1.54, 1.807) is 16.4 Å². The average molecular weight is 485 g/mol. The molecule has 0 radical (unpaired) electrons. The van der Waals surface area contributed by atoms with E-state index in [2.05, 4.69) is 17.6 Å². The number of fused-ring (bicyclic) bond motifs is 1.